The lowest BCUT2D eigenvalue weighted by molar-refractivity contribution is 0.110. The summed E-state index contributed by atoms with van der Waals surface area (Å²) in [6.45, 7) is 9.03. The first kappa shape index (κ1) is 16.0. The monoisotopic (exact) mass is 264 g/mol. The molecule has 3 nitrogen and oxygen atoms in total. The van der Waals surface area contributed by atoms with Crippen LogP contribution in [0.25, 0.3) is 0 Å². The van der Waals surface area contributed by atoms with Crippen molar-refractivity contribution in [3.63, 3.8) is 0 Å². The number of benzene rings is 1. The van der Waals surface area contributed by atoms with Gasteiger partial charge < -0.3 is 15.0 Å². The van der Waals surface area contributed by atoms with Crippen molar-refractivity contribution in [1.29, 1.82) is 0 Å². The van der Waals surface area contributed by atoms with Crippen LogP contribution < -0.4 is 10.2 Å². The number of ether oxygens (including phenoxy) is 1. The van der Waals surface area contributed by atoms with Crippen LogP contribution in [0, 0.1) is 5.92 Å². The summed E-state index contributed by atoms with van der Waals surface area (Å²) in [4.78, 5) is 2.11. The first-order valence-electron chi connectivity index (χ1n) is 7.09. The fraction of sp³-hybridized carbons (Fsp3) is 0.625. The smallest absolute Gasteiger partial charge is 0.0591 e. The van der Waals surface area contributed by atoms with Crippen LogP contribution in [0.2, 0.25) is 0 Å². The number of hydrogen-bond acceptors (Lipinski definition) is 3. The second-order valence-electron chi connectivity index (χ2n) is 5.63. The molecule has 1 N–H and O–H groups in total. The molecule has 0 aromatic heterocycles. The summed E-state index contributed by atoms with van der Waals surface area (Å²) < 4.78 is 5.56. The van der Waals surface area contributed by atoms with E-state index in [0.717, 1.165) is 19.8 Å². The van der Waals surface area contributed by atoms with Gasteiger partial charge in [0.05, 0.1) is 6.61 Å². The van der Waals surface area contributed by atoms with Crippen LogP contribution in [0.4, 0.5) is 5.69 Å². The Morgan fingerprint density at radius 1 is 1.11 bits per heavy atom. The lowest BCUT2D eigenvalue weighted by atomic mass is 10.1. The van der Waals surface area contributed by atoms with E-state index in [1.54, 1.807) is 0 Å². The van der Waals surface area contributed by atoms with E-state index in [0.29, 0.717) is 12.0 Å². The second kappa shape index (κ2) is 8.18. The molecular formula is C16H28N2O. The Morgan fingerprint density at radius 3 is 2.26 bits per heavy atom. The molecule has 0 heterocycles. The highest BCUT2D eigenvalue weighted by Crippen LogP contribution is 2.17. The Bertz CT molecular complexity index is 346. The van der Waals surface area contributed by atoms with Crippen LogP contribution in [0.3, 0.4) is 0 Å². The topological polar surface area (TPSA) is 24.5 Å². The molecule has 0 aliphatic carbocycles. The van der Waals surface area contributed by atoms with Gasteiger partial charge in [0.2, 0.25) is 0 Å². The maximum atomic E-state index is 5.56. The van der Waals surface area contributed by atoms with Crippen LogP contribution in [0.1, 0.15) is 32.4 Å². The highest BCUT2D eigenvalue weighted by atomic mass is 16.5. The summed E-state index contributed by atoms with van der Waals surface area (Å²) in [5.41, 5.74) is 2.55. The molecule has 0 radical (unpaired) electrons. The fourth-order valence-corrected chi connectivity index (χ4v) is 1.85. The fourth-order valence-electron chi connectivity index (χ4n) is 1.85. The zero-order valence-electron chi connectivity index (χ0n) is 12.9. The van der Waals surface area contributed by atoms with E-state index in [2.05, 4.69) is 69.3 Å². The molecule has 0 amide bonds. The molecule has 0 saturated carbocycles. The zero-order chi connectivity index (χ0) is 14.3. The number of nitrogens with one attached hydrogen (secondary N) is 1. The third-order valence-corrected chi connectivity index (χ3v) is 3.06. The predicted molar refractivity (Wildman–Crippen MR) is 82.8 cm³/mol. The maximum Gasteiger partial charge on any atom is 0.0591 e. The largest absolute Gasteiger partial charge is 0.380 e. The van der Waals surface area contributed by atoms with Gasteiger partial charge in [0.15, 0.2) is 0 Å². The minimum absolute atomic E-state index is 0.360. The van der Waals surface area contributed by atoms with Crippen molar-refractivity contribution in [2.75, 3.05) is 38.8 Å². The third kappa shape index (κ3) is 6.08. The lowest BCUT2D eigenvalue weighted by Crippen LogP contribution is -2.24. The average Bonchev–Trinajstić information content (AvgIpc) is 2.37. The molecule has 0 fully saturated rings. The van der Waals surface area contributed by atoms with E-state index in [-0.39, 0.29) is 0 Å². The molecule has 0 saturated heterocycles. The van der Waals surface area contributed by atoms with Crippen molar-refractivity contribution in [3.8, 4) is 0 Å². The Labute approximate surface area is 118 Å². The van der Waals surface area contributed by atoms with E-state index in [1.165, 1.54) is 11.3 Å². The van der Waals surface area contributed by atoms with Gasteiger partial charge in [0.25, 0.3) is 0 Å². The van der Waals surface area contributed by atoms with Crippen molar-refractivity contribution >= 4 is 5.69 Å². The molecule has 0 aliphatic rings. The first-order chi connectivity index (χ1) is 9.00. The van der Waals surface area contributed by atoms with Gasteiger partial charge in [-0.3, -0.25) is 0 Å². The molecule has 0 spiro atoms. The summed E-state index contributed by atoms with van der Waals surface area (Å²) in [5.74, 6) is 0.607. The molecule has 19 heavy (non-hydrogen) atoms. The molecule has 0 bridgehead atoms. The molecule has 1 rings (SSSR count). The molecule has 3 heteroatoms. The SMILES string of the molecule is CC(C)COCCNC(C)c1ccc(N(C)C)cc1. The Hall–Kier alpha value is -1.06. The first-order valence-corrected chi connectivity index (χ1v) is 7.09. The van der Waals surface area contributed by atoms with Gasteiger partial charge in [-0.25, -0.2) is 0 Å². The normalized spacial score (nSPS) is 12.7. The number of hydrogen-bond donors (Lipinski definition) is 1. The van der Waals surface area contributed by atoms with E-state index < -0.39 is 0 Å². The second-order valence-corrected chi connectivity index (χ2v) is 5.63. The maximum absolute atomic E-state index is 5.56. The van der Waals surface area contributed by atoms with Crippen molar-refractivity contribution in [3.05, 3.63) is 29.8 Å². The number of nitrogens with zero attached hydrogens (tertiary/aromatic N) is 1. The van der Waals surface area contributed by atoms with Gasteiger partial charge in [-0.15, -0.1) is 0 Å². The number of rotatable bonds is 8. The molecule has 1 unspecified atom stereocenters. The van der Waals surface area contributed by atoms with Crippen molar-refractivity contribution in [1.82, 2.24) is 5.32 Å². The van der Waals surface area contributed by atoms with Gasteiger partial charge in [0.1, 0.15) is 0 Å². The standard InChI is InChI=1S/C16H28N2O/c1-13(2)12-19-11-10-17-14(3)15-6-8-16(9-7-15)18(4)5/h6-9,13-14,17H,10-12H2,1-5H3. The van der Waals surface area contributed by atoms with Crippen molar-refractivity contribution in [2.45, 2.75) is 26.8 Å². The van der Waals surface area contributed by atoms with Crippen LogP contribution >= 0.6 is 0 Å². The summed E-state index contributed by atoms with van der Waals surface area (Å²) in [7, 11) is 4.12. The summed E-state index contributed by atoms with van der Waals surface area (Å²) in [6, 6.07) is 9.04. The van der Waals surface area contributed by atoms with Crippen LogP contribution in [-0.4, -0.2) is 33.9 Å². The summed E-state index contributed by atoms with van der Waals surface area (Å²) in [5, 5.41) is 3.48. The molecule has 108 valence electrons. The number of anilines is 1. The molecule has 1 atom stereocenters. The van der Waals surface area contributed by atoms with E-state index in [9.17, 15) is 0 Å². The Kier molecular flexibility index (Phi) is 6.89. The van der Waals surface area contributed by atoms with Gasteiger partial charge in [-0.2, -0.15) is 0 Å². The van der Waals surface area contributed by atoms with Crippen LogP contribution in [0.5, 0.6) is 0 Å². The zero-order valence-corrected chi connectivity index (χ0v) is 12.9. The highest BCUT2D eigenvalue weighted by molar-refractivity contribution is 5.46. The average molecular weight is 264 g/mol. The van der Waals surface area contributed by atoms with Gasteiger partial charge in [-0.05, 0) is 30.5 Å². The Balaban J connectivity index is 2.31. The van der Waals surface area contributed by atoms with E-state index in [4.69, 9.17) is 4.74 Å². The van der Waals surface area contributed by atoms with Crippen molar-refractivity contribution < 1.29 is 4.74 Å². The van der Waals surface area contributed by atoms with Crippen molar-refractivity contribution in [2.24, 2.45) is 5.92 Å². The lowest BCUT2D eigenvalue weighted by Gasteiger charge is -2.17. The summed E-state index contributed by atoms with van der Waals surface area (Å²) in [6.07, 6.45) is 0. The third-order valence-electron chi connectivity index (χ3n) is 3.06. The van der Waals surface area contributed by atoms with E-state index in [1.807, 2.05) is 0 Å². The van der Waals surface area contributed by atoms with Gasteiger partial charge >= 0.3 is 0 Å². The van der Waals surface area contributed by atoms with Gasteiger partial charge in [-0.1, -0.05) is 26.0 Å². The molecular weight excluding hydrogens is 236 g/mol. The summed E-state index contributed by atoms with van der Waals surface area (Å²) >= 11 is 0. The molecule has 1 aromatic rings. The van der Waals surface area contributed by atoms with Crippen LogP contribution in [0.15, 0.2) is 24.3 Å². The van der Waals surface area contributed by atoms with Crippen LogP contribution in [-0.2, 0) is 4.74 Å². The Morgan fingerprint density at radius 2 is 1.74 bits per heavy atom. The quantitative estimate of drug-likeness (QED) is 0.730. The predicted octanol–water partition coefficient (Wildman–Crippen LogP) is 3.08. The molecule has 0 aliphatic heterocycles. The molecule has 1 aromatic carbocycles. The highest BCUT2D eigenvalue weighted by Gasteiger charge is 2.04. The van der Waals surface area contributed by atoms with E-state index >= 15 is 0 Å². The van der Waals surface area contributed by atoms with Gasteiger partial charge in [0, 0.05) is 39.0 Å². The minimum atomic E-state index is 0.360. The minimum Gasteiger partial charge on any atom is -0.380 e.